The normalized spacial score (nSPS) is 19.8. The van der Waals surface area contributed by atoms with Crippen molar-refractivity contribution in [2.75, 3.05) is 0 Å². The molecule has 1 aromatic carbocycles. The maximum absolute atomic E-state index is 4.82. The molecule has 1 aliphatic carbocycles. The lowest BCUT2D eigenvalue weighted by Gasteiger charge is -2.12. The summed E-state index contributed by atoms with van der Waals surface area (Å²) in [5.74, 6) is 0. The van der Waals surface area contributed by atoms with Gasteiger partial charge in [-0.15, -0.1) is 0 Å². The van der Waals surface area contributed by atoms with Crippen LogP contribution < -0.4 is 10.6 Å². The van der Waals surface area contributed by atoms with Gasteiger partial charge in [-0.25, -0.2) is 4.99 Å². The standard InChI is InChI=1S/C16H11NS/c1-3-7-14-11(5-1)12-9-10-18-15-8-4-2-6-13(15)16(12)17-14/h1-5,7-10H,6H2. The minimum atomic E-state index is 0.983. The fraction of sp³-hybridized carbons (Fsp3) is 0.0625. The zero-order valence-electron chi connectivity index (χ0n) is 9.76. The molecule has 3 aliphatic rings. The predicted molar refractivity (Wildman–Crippen MR) is 76.2 cm³/mol. The van der Waals surface area contributed by atoms with Crippen LogP contribution in [0.5, 0.6) is 0 Å². The van der Waals surface area contributed by atoms with Crippen LogP contribution in [0.25, 0.3) is 5.57 Å². The number of hydrogen-bond acceptors (Lipinski definition) is 2. The third-order valence-corrected chi connectivity index (χ3v) is 4.31. The first kappa shape index (κ1) is 10.2. The smallest absolute Gasteiger partial charge is 0.0762 e. The van der Waals surface area contributed by atoms with Crippen molar-refractivity contribution in [3.05, 3.63) is 80.7 Å². The van der Waals surface area contributed by atoms with Crippen LogP contribution in [0.15, 0.2) is 75.1 Å². The van der Waals surface area contributed by atoms with E-state index in [1.807, 2.05) is 0 Å². The molecule has 0 spiro atoms. The van der Waals surface area contributed by atoms with Gasteiger partial charge >= 0.3 is 0 Å². The van der Waals surface area contributed by atoms with E-state index >= 15 is 0 Å². The van der Waals surface area contributed by atoms with Crippen LogP contribution >= 0.6 is 11.8 Å². The second-order valence-corrected chi connectivity index (χ2v) is 5.40. The molecule has 2 heteroatoms. The summed E-state index contributed by atoms with van der Waals surface area (Å²) in [6, 6.07) is 8.38. The lowest BCUT2D eigenvalue weighted by molar-refractivity contribution is 1.18. The average Bonchev–Trinajstić information content (AvgIpc) is 2.69. The van der Waals surface area contributed by atoms with E-state index in [-0.39, 0.29) is 0 Å². The van der Waals surface area contributed by atoms with Crippen molar-refractivity contribution in [3.63, 3.8) is 0 Å². The first-order valence-electron chi connectivity index (χ1n) is 6.05. The molecule has 0 bridgehead atoms. The van der Waals surface area contributed by atoms with E-state index < -0.39 is 0 Å². The molecule has 0 atom stereocenters. The van der Waals surface area contributed by atoms with Crippen LogP contribution in [0, 0.1) is 0 Å². The fourth-order valence-corrected chi connectivity index (χ4v) is 3.38. The Balaban J connectivity index is 2.11. The number of fused-ring (bicyclic) bond motifs is 3. The van der Waals surface area contributed by atoms with E-state index in [9.17, 15) is 0 Å². The maximum atomic E-state index is 4.82. The van der Waals surface area contributed by atoms with Gasteiger partial charge in [0.15, 0.2) is 0 Å². The number of benzene rings is 1. The zero-order chi connectivity index (χ0) is 11.9. The Morgan fingerprint density at radius 2 is 2.11 bits per heavy atom. The van der Waals surface area contributed by atoms with Crippen molar-refractivity contribution in [1.82, 2.24) is 0 Å². The van der Waals surface area contributed by atoms with Crippen molar-refractivity contribution in [2.24, 2.45) is 4.99 Å². The van der Waals surface area contributed by atoms with Crippen LogP contribution in [0.1, 0.15) is 6.42 Å². The molecule has 1 aromatic rings. The van der Waals surface area contributed by atoms with Gasteiger partial charge in [0.25, 0.3) is 0 Å². The molecular weight excluding hydrogens is 238 g/mol. The number of nitrogens with zero attached hydrogens (tertiary/aromatic N) is 1. The predicted octanol–water partition coefficient (Wildman–Crippen LogP) is 2.83. The molecule has 0 amide bonds. The van der Waals surface area contributed by atoms with Crippen LogP contribution in [0.3, 0.4) is 0 Å². The second kappa shape index (κ2) is 3.85. The van der Waals surface area contributed by atoms with Gasteiger partial charge in [0.05, 0.1) is 11.1 Å². The molecular formula is C16H11NS. The van der Waals surface area contributed by atoms with Crippen LogP contribution in [0.4, 0.5) is 0 Å². The molecule has 86 valence electrons. The highest BCUT2D eigenvalue weighted by Crippen LogP contribution is 2.39. The number of allylic oxidation sites excluding steroid dienone is 5. The third kappa shape index (κ3) is 1.39. The summed E-state index contributed by atoms with van der Waals surface area (Å²) in [5, 5.41) is 4.53. The lowest BCUT2D eigenvalue weighted by Crippen LogP contribution is -2.21. The minimum absolute atomic E-state index is 0.983. The van der Waals surface area contributed by atoms with Gasteiger partial charge in [0.1, 0.15) is 0 Å². The average molecular weight is 249 g/mol. The highest BCUT2D eigenvalue weighted by Gasteiger charge is 2.20. The third-order valence-electron chi connectivity index (χ3n) is 3.40. The van der Waals surface area contributed by atoms with Gasteiger partial charge in [0, 0.05) is 15.7 Å². The molecule has 0 saturated carbocycles. The molecule has 0 fully saturated rings. The van der Waals surface area contributed by atoms with Gasteiger partial charge in [0.2, 0.25) is 0 Å². The van der Waals surface area contributed by atoms with E-state index in [1.54, 1.807) is 11.8 Å². The largest absolute Gasteiger partial charge is 0.247 e. The van der Waals surface area contributed by atoms with Crippen LogP contribution in [-0.4, -0.2) is 0 Å². The summed E-state index contributed by atoms with van der Waals surface area (Å²) in [6.07, 6.45) is 9.70. The summed E-state index contributed by atoms with van der Waals surface area (Å²) in [6.45, 7) is 0. The molecule has 0 unspecified atom stereocenters. The molecule has 0 radical (unpaired) electrons. The Bertz CT molecular complexity index is 776. The Labute approximate surface area is 110 Å². The Hall–Kier alpha value is -1.80. The van der Waals surface area contributed by atoms with Gasteiger partial charge < -0.3 is 0 Å². The molecule has 4 rings (SSSR count). The van der Waals surface area contributed by atoms with Crippen molar-refractivity contribution in [2.45, 2.75) is 6.42 Å². The first-order valence-corrected chi connectivity index (χ1v) is 6.93. The van der Waals surface area contributed by atoms with Gasteiger partial charge in [-0.3, -0.25) is 0 Å². The molecule has 1 nitrogen and oxygen atoms in total. The molecule has 0 aromatic heterocycles. The number of rotatable bonds is 0. The Kier molecular flexibility index (Phi) is 2.17. The summed E-state index contributed by atoms with van der Waals surface area (Å²) >= 11 is 1.79. The number of hydrogen-bond donors (Lipinski definition) is 0. The second-order valence-electron chi connectivity index (χ2n) is 4.45. The summed E-state index contributed by atoms with van der Waals surface area (Å²) < 4.78 is 0. The maximum Gasteiger partial charge on any atom is 0.0762 e. The summed E-state index contributed by atoms with van der Waals surface area (Å²) in [5.41, 5.74) is 3.79. The highest BCUT2D eigenvalue weighted by molar-refractivity contribution is 8.06. The van der Waals surface area contributed by atoms with E-state index in [1.165, 1.54) is 21.3 Å². The van der Waals surface area contributed by atoms with Gasteiger partial charge in [-0.2, -0.15) is 0 Å². The van der Waals surface area contributed by atoms with Crippen molar-refractivity contribution in [1.29, 1.82) is 0 Å². The van der Waals surface area contributed by atoms with Crippen molar-refractivity contribution < 1.29 is 0 Å². The zero-order valence-corrected chi connectivity index (χ0v) is 10.6. The fourth-order valence-electron chi connectivity index (χ4n) is 2.55. The van der Waals surface area contributed by atoms with E-state index in [0.717, 1.165) is 17.5 Å². The number of thioether (sulfide) groups is 1. The first-order chi connectivity index (χ1) is 8.93. The molecule has 0 N–H and O–H groups in total. The Morgan fingerprint density at radius 1 is 1.17 bits per heavy atom. The molecule has 0 saturated heterocycles. The van der Waals surface area contributed by atoms with E-state index in [4.69, 9.17) is 4.99 Å². The number of para-hydroxylation sites is 1. The van der Waals surface area contributed by atoms with Crippen LogP contribution in [-0.2, 0) is 0 Å². The van der Waals surface area contributed by atoms with Crippen molar-refractivity contribution >= 4 is 17.3 Å². The molecule has 2 aliphatic heterocycles. The SMILES string of the molecule is C1=CCC2=C3N=c4ccccc4=C3C=CSC2=C1. The highest BCUT2D eigenvalue weighted by atomic mass is 32.2. The summed E-state index contributed by atoms with van der Waals surface area (Å²) in [4.78, 5) is 6.15. The quantitative estimate of drug-likeness (QED) is 0.688. The van der Waals surface area contributed by atoms with Gasteiger partial charge in [-0.1, -0.05) is 42.1 Å². The summed E-state index contributed by atoms with van der Waals surface area (Å²) in [7, 11) is 0. The van der Waals surface area contributed by atoms with Gasteiger partial charge in [-0.05, 0) is 35.6 Å². The minimum Gasteiger partial charge on any atom is -0.247 e. The Morgan fingerprint density at radius 3 is 3.11 bits per heavy atom. The molecule has 18 heavy (non-hydrogen) atoms. The van der Waals surface area contributed by atoms with E-state index in [0.29, 0.717) is 0 Å². The van der Waals surface area contributed by atoms with Crippen molar-refractivity contribution in [3.8, 4) is 0 Å². The topological polar surface area (TPSA) is 12.4 Å². The van der Waals surface area contributed by atoms with Crippen LogP contribution in [0.2, 0.25) is 0 Å². The monoisotopic (exact) mass is 249 g/mol. The van der Waals surface area contributed by atoms with E-state index in [2.05, 4.69) is 54.0 Å². The molecule has 2 heterocycles. The lowest BCUT2D eigenvalue weighted by atomic mass is 10.0.